The van der Waals surface area contributed by atoms with Crippen LogP contribution in [0.1, 0.15) is 25.7 Å². The molecule has 1 aromatic rings. The van der Waals surface area contributed by atoms with Gasteiger partial charge in [0.05, 0.1) is 19.1 Å². The third kappa shape index (κ3) is 5.09. The number of esters is 1. The number of anilines is 1. The number of benzene rings is 1. The van der Waals surface area contributed by atoms with Crippen LogP contribution < -0.4 is 10.5 Å². The van der Waals surface area contributed by atoms with Crippen LogP contribution in [0.5, 0.6) is 5.75 Å². The molecule has 110 valence electrons. The Kier molecular flexibility index (Phi) is 5.68. The Labute approximate surface area is 119 Å². The Morgan fingerprint density at radius 3 is 2.80 bits per heavy atom. The molecule has 1 aliphatic heterocycles. The van der Waals surface area contributed by atoms with Crippen molar-refractivity contribution >= 4 is 11.7 Å². The van der Waals surface area contributed by atoms with E-state index in [1.807, 2.05) is 0 Å². The molecule has 5 heteroatoms. The lowest BCUT2D eigenvalue weighted by atomic mass is 10.1. The summed E-state index contributed by atoms with van der Waals surface area (Å²) in [5.74, 6) is 0.442. The van der Waals surface area contributed by atoms with Gasteiger partial charge in [0.2, 0.25) is 0 Å². The smallest absolute Gasteiger partial charge is 0.309 e. The van der Waals surface area contributed by atoms with Crippen LogP contribution in [0.25, 0.3) is 0 Å². The lowest BCUT2D eigenvalue weighted by Gasteiger charge is -2.22. The molecule has 2 rings (SSSR count). The zero-order chi connectivity index (χ0) is 14.2. The van der Waals surface area contributed by atoms with Crippen molar-refractivity contribution < 1.29 is 19.0 Å². The van der Waals surface area contributed by atoms with Gasteiger partial charge in [0.15, 0.2) is 0 Å². The molecule has 1 fully saturated rings. The van der Waals surface area contributed by atoms with Crippen molar-refractivity contribution in [2.75, 3.05) is 25.6 Å². The lowest BCUT2D eigenvalue weighted by molar-refractivity contribution is -0.149. The van der Waals surface area contributed by atoms with Crippen LogP contribution in [0.4, 0.5) is 5.69 Å². The zero-order valence-corrected chi connectivity index (χ0v) is 11.5. The summed E-state index contributed by atoms with van der Waals surface area (Å²) in [6, 6.07) is 7.06. The minimum absolute atomic E-state index is 0.0608. The molecule has 0 aliphatic carbocycles. The Hall–Kier alpha value is -1.75. The minimum atomic E-state index is -0.255. The lowest BCUT2D eigenvalue weighted by Crippen LogP contribution is -2.26. The molecule has 0 spiro atoms. The summed E-state index contributed by atoms with van der Waals surface area (Å²) >= 11 is 0. The summed E-state index contributed by atoms with van der Waals surface area (Å²) < 4.78 is 16.1. The van der Waals surface area contributed by atoms with E-state index in [0.29, 0.717) is 24.7 Å². The van der Waals surface area contributed by atoms with Crippen molar-refractivity contribution in [1.29, 1.82) is 0 Å². The third-order valence-electron chi connectivity index (χ3n) is 3.16. The predicted octanol–water partition coefficient (Wildman–Crippen LogP) is 2.15. The molecule has 2 N–H and O–H groups in total. The normalized spacial score (nSPS) is 18.5. The molecule has 20 heavy (non-hydrogen) atoms. The standard InChI is InChI=1S/C15H21NO4/c16-12-4-6-13(7-5-12)19-10-8-15(17)20-11-14-3-1-2-9-18-14/h4-7,14H,1-3,8-11,16H2. The highest BCUT2D eigenvalue weighted by molar-refractivity contribution is 5.69. The molecule has 0 radical (unpaired) electrons. The van der Waals surface area contributed by atoms with Crippen LogP contribution in [0, 0.1) is 0 Å². The Morgan fingerprint density at radius 2 is 2.10 bits per heavy atom. The van der Waals surface area contributed by atoms with E-state index in [-0.39, 0.29) is 18.5 Å². The number of hydrogen-bond donors (Lipinski definition) is 1. The summed E-state index contributed by atoms with van der Waals surface area (Å²) in [6.45, 7) is 1.41. The monoisotopic (exact) mass is 279 g/mol. The molecular formula is C15H21NO4. The quantitative estimate of drug-likeness (QED) is 0.638. The highest BCUT2D eigenvalue weighted by Crippen LogP contribution is 2.14. The fourth-order valence-electron chi connectivity index (χ4n) is 2.01. The minimum Gasteiger partial charge on any atom is -0.493 e. The topological polar surface area (TPSA) is 70.8 Å². The molecule has 1 aromatic carbocycles. The third-order valence-corrected chi connectivity index (χ3v) is 3.16. The predicted molar refractivity (Wildman–Crippen MR) is 75.5 cm³/mol. The Morgan fingerprint density at radius 1 is 1.30 bits per heavy atom. The fraction of sp³-hybridized carbons (Fsp3) is 0.533. The van der Waals surface area contributed by atoms with Crippen molar-refractivity contribution in [3.63, 3.8) is 0 Å². The van der Waals surface area contributed by atoms with Crippen LogP contribution in [0.3, 0.4) is 0 Å². The average Bonchev–Trinajstić information content (AvgIpc) is 2.48. The number of rotatable bonds is 6. The van der Waals surface area contributed by atoms with E-state index in [2.05, 4.69) is 0 Å². The molecule has 1 saturated heterocycles. The van der Waals surface area contributed by atoms with Crippen LogP contribution in [0.15, 0.2) is 24.3 Å². The molecule has 1 atom stereocenters. The maximum Gasteiger partial charge on any atom is 0.309 e. The highest BCUT2D eigenvalue weighted by Gasteiger charge is 2.15. The number of carbonyl (C=O) groups is 1. The number of carbonyl (C=O) groups excluding carboxylic acids is 1. The van der Waals surface area contributed by atoms with Gasteiger partial charge in [-0.1, -0.05) is 0 Å². The van der Waals surface area contributed by atoms with Gasteiger partial charge in [-0.05, 0) is 43.5 Å². The van der Waals surface area contributed by atoms with Crippen LogP contribution in [-0.4, -0.2) is 31.9 Å². The average molecular weight is 279 g/mol. The molecule has 5 nitrogen and oxygen atoms in total. The second-order valence-electron chi connectivity index (χ2n) is 4.84. The Bertz CT molecular complexity index is 412. The fourth-order valence-corrected chi connectivity index (χ4v) is 2.01. The van der Waals surface area contributed by atoms with E-state index in [9.17, 15) is 4.79 Å². The van der Waals surface area contributed by atoms with Gasteiger partial charge < -0.3 is 19.9 Å². The van der Waals surface area contributed by atoms with Crippen molar-refractivity contribution in [3.05, 3.63) is 24.3 Å². The van der Waals surface area contributed by atoms with E-state index >= 15 is 0 Å². The number of hydrogen-bond acceptors (Lipinski definition) is 5. The second kappa shape index (κ2) is 7.75. The van der Waals surface area contributed by atoms with Crippen LogP contribution >= 0.6 is 0 Å². The largest absolute Gasteiger partial charge is 0.493 e. The highest BCUT2D eigenvalue weighted by atomic mass is 16.6. The van der Waals surface area contributed by atoms with Gasteiger partial charge >= 0.3 is 5.97 Å². The van der Waals surface area contributed by atoms with E-state index in [4.69, 9.17) is 19.9 Å². The van der Waals surface area contributed by atoms with Crippen molar-refractivity contribution in [1.82, 2.24) is 0 Å². The molecule has 0 aromatic heterocycles. The molecular weight excluding hydrogens is 258 g/mol. The Balaban J connectivity index is 1.58. The first-order valence-electron chi connectivity index (χ1n) is 6.99. The van der Waals surface area contributed by atoms with Crippen molar-refractivity contribution in [2.45, 2.75) is 31.8 Å². The molecule has 1 heterocycles. The van der Waals surface area contributed by atoms with E-state index in [1.54, 1.807) is 24.3 Å². The molecule has 0 saturated carbocycles. The van der Waals surface area contributed by atoms with Crippen molar-refractivity contribution in [3.8, 4) is 5.75 Å². The second-order valence-corrected chi connectivity index (χ2v) is 4.84. The van der Waals surface area contributed by atoms with E-state index in [0.717, 1.165) is 25.9 Å². The first-order chi connectivity index (χ1) is 9.74. The summed E-state index contributed by atoms with van der Waals surface area (Å²) in [5.41, 5.74) is 6.26. The number of nitrogen functional groups attached to an aromatic ring is 1. The van der Waals surface area contributed by atoms with Crippen LogP contribution in [0.2, 0.25) is 0 Å². The first kappa shape index (κ1) is 14.7. The molecule has 1 aliphatic rings. The summed E-state index contributed by atoms with van der Waals surface area (Å²) in [4.78, 5) is 11.6. The first-order valence-corrected chi connectivity index (χ1v) is 6.99. The van der Waals surface area contributed by atoms with E-state index in [1.165, 1.54) is 0 Å². The van der Waals surface area contributed by atoms with Crippen LogP contribution in [-0.2, 0) is 14.3 Å². The molecule has 0 bridgehead atoms. The number of nitrogens with two attached hydrogens (primary N) is 1. The van der Waals surface area contributed by atoms with Gasteiger partial charge in [0.1, 0.15) is 12.4 Å². The summed E-state index contributed by atoms with van der Waals surface area (Å²) in [6.07, 6.45) is 3.50. The van der Waals surface area contributed by atoms with Gasteiger partial charge in [-0.25, -0.2) is 0 Å². The van der Waals surface area contributed by atoms with Gasteiger partial charge in [-0.3, -0.25) is 4.79 Å². The molecule has 0 amide bonds. The maximum atomic E-state index is 11.6. The zero-order valence-electron chi connectivity index (χ0n) is 11.5. The van der Waals surface area contributed by atoms with Gasteiger partial charge in [0, 0.05) is 12.3 Å². The SMILES string of the molecule is Nc1ccc(OCCC(=O)OCC2CCCCO2)cc1. The van der Waals surface area contributed by atoms with Gasteiger partial charge in [-0.15, -0.1) is 0 Å². The molecule has 1 unspecified atom stereocenters. The van der Waals surface area contributed by atoms with Gasteiger partial charge in [-0.2, -0.15) is 0 Å². The van der Waals surface area contributed by atoms with E-state index < -0.39 is 0 Å². The number of ether oxygens (including phenoxy) is 3. The van der Waals surface area contributed by atoms with Crippen molar-refractivity contribution in [2.24, 2.45) is 0 Å². The summed E-state index contributed by atoms with van der Waals surface area (Å²) in [5, 5.41) is 0. The maximum absolute atomic E-state index is 11.6. The van der Waals surface area contributed by atoms with Gasteiger partial charge in [0.25, 0.3) is 0 Å². The summed E-state index contributed by atoms with van der Waals surface area (Å²) in [7, 11) is 0.